The van der Waals surface area contributed by atoms with Gasteiger partial charge < -0.3 is 19.1 Å². The Morgan fingerprint density at radius 3 is 2.38 bits per heavy atom. The zero-order chi connectivity index (χ0) is 26.1. The molecule has 0 aromatic heterocycles. The quantitative estimate of drug-likeness (QED) is 0.430. The van der Waals surface area contributed by atoms with Gasteiger partial charge in [-0.1, -0.05) is 24.3 Å². The minimum atomic E-state index is -1.00. The van der Waals surface area contributed by atoms with Crippen molar-refractivity contribution in [3.63, 3.8) is 0 Å². The van der Waals surface area contributed by atoms with Gasteiger partial charge in [0.15, 0.2) is 11.5 Å². The van der Waals surface area contributed by atoms with Gasteiger partial charge in [-0.05, 0) is 48.2 Å². The largest absolute Gasteiger partial charge is 0.510 e. The zero-order valence-corrected chi connectivity index (χ0v) is 20.1. The molecule has 37 heavy (non-hydrogen) atoms. The summed E-state index contributed by atoms with van der Waals surface area (Å²) in [6.07, 6.45) is 0.590. The predicted molar refractivity (Wildman–Crippen MR) is 124 cm³/mol. The van der Waals surface area contributed by atoms with Crippen LogP contribution in [0, 0.1) is 11.6 Å². The lowest BCUT2D eigenvalue weighted by atomic mass is 9.96. The molecule has 1 amide bonds. The second-order valence-corrected chi connectivity index (χ2v) is 8.95. The van der Waals surface area contributed by atoms with Gasteiger partial charge in [0.2, 0.25) is 12.6 Å². The van der Waals surface area contributed by atoms with Gasteiger partial charge in [0.25, 0.3) is 5.91 Å². The predicted octanol–water partition coefficient (Wildman–Crippen LogP) is 3.13. The minimum absolute atomic E-state index is 0.000622. The maximum atomic E-state index is 14.3. The van der Waals surface area contributed by atoms with Crippen molar-refractivity contribution in [1.82, 2.24) is 14.9 Å². The highest BCUT2D eigenvalue weighted by molar-refractivity contribution is 6.06. The van der Waals surface area contributed by atoms with E-state index in [2.05, 4.69) is 4.74 Å². The van der Waals surface area contributed by atoms with E-state index in [1.807, 2.05) is 0 Å². The highest BCUT2D eigenvalue weighted by atomic mass is 19.1. The van der Waals surface area contributed by atoms with Crippen LogP contribution >= 0.6 is 0 Å². The summed E-state index contributed by atoms with van der Waals surface area (Å²) in [4.78, 5) is 40.1. The number of nitrogens with zero attached hydrogens (tertiary/aromatic N) is 3. The number of piperazine rings is 1. The fraction of sp³-hybridized carbons (Fsp3) is 0.346. The molecule has 3 aliphatic heterocycles. The molecule has 0 aliphatic carbocycles. The number of methoxy groups -OCH3 is 1. The number of carbonyl (C=O) groups excluding carboxylic acids is 3. The average molecular weight is 513 g/mol. The van der Waals surface area contributed by atoms with Crippen molar-refractivity contribution >= 4 is 17.8 Å². The van der Waals surface area contributed by atoms with Crippen molar-refractivity contribution < 1.29 is 37.4 Å². The summed E-state index contributed by atoms with van der Waals surface area (Å²) in [6.45, 7) is 0.0339. The number of halogens is 2. The molecule has 2 aromatic rings. The van der Waals surface area contributed by atoms with Crippen molar-refractivity contribution in [2.75, 3.05) is 33.5 Å². The number of hydrazine groups is 1. The van der Waals surface area contributed by atoms with Crippen molar-refractivity contribution in [2.45, 2.75) is 24.9 Å². The molecule has 1 atom stereocenters. The highest BCUT2D eigenvalue weighted by Crippen LogP contribution is 2.39. The molecule has 9 nitrogen and oxygen atoms in total. The van der Waals surface area contributed by atoms with Crippen molar-refractivity contribution in [3.8, 4) is 0 Å². The second kappa shape index (κ2) is 10.2. The van der Waals surface area contributed by atoms with Crippen molar-refractivity contribution in [1.29, 1.82) is 0 Å². The van der Waals surface area contributed by atoms with E-state index in [1.165, 1.54) is 36.4 Å². The number of fused-ring (bicyclic) bond motifs is 2. The molecule has 2 fully saturated rings. The molecule has 0 bridgehead atoms. The summed E-state index contributed by atoms with van der Waals surface area (Å²) in [6, 6.07) is 10.8. The number of rotatable bonds is 6. The van der Waals surface area contributed by atoms with Gasteiger partial charge in [0.1, 0.15) is 11.6 Å². The van der Waals surface area contributed by atoms with Crippen molar-refractivity contribution in [2.24, 2.45) is 0 Å². The van der Waals surface area contributed by atoms with Gasteiger partial charge in [-0.2, -0.15) is 0 Å². The third kappa shape index (κ3) is 4.74. The number of ether oxygens (including phenoxy) is 3. The molecule has 0 radical (unpaired) electrons. The van der Waals surface area contributed by atoms with Crippen LogP contribution in [-0.2, 0) is 23.8 Å². The van der Waals surface area contributed by atoms with E-state index >= 15 is 0 Å². The molecule has 3 heterocycles. The summed E-state index contributed by atoms with van der Waals surface area (Å²) < 4.78 is 43.3. The smallest absolute Gasteiger partial charge is 0.451 e. The number of ketones is 1. The lowest BCUT2D eigenvalue weighted by molar-refractivity contribution is -0.154. The van der Waals surface area contributed by atoms with Crippen LogP contribution in [0.3, 0.4) is 0 Å². The van der Waals surface area contributed by atoms with E-state index in [9.17, 15) is 23.2 Å². The van der Waals surface area contributed by atoms with Crippen LogP contribution in [0.1, 0.15) is 30.0 Å². The number of hydrogen-bond donors (Lipinski definition) is 0. The van der Waals surface area contributed by atoms with Gasteiger partial charge in [0, 0.05) is 6.54 Å². The SMILES string of the molecule is COC(=O)OCOC1=C2C(=O)N3CCC[C@@H]3CN2N(C(c2cccc(F)c2)c2cccc(F)c2)CC1=O. The summed E-state index contributed by atoms with van der Waals surface area (Å²) in [5, 5.41) is 3.33. The van der Waals surface area contributed by atoms with E-state index in [1.54, 1.807) is 27.1 Å². The second-order valence-electron chi connectivity index (χ2n) is 8.95. The number of benzene rings is 2. The van der Waals surface area contributed by atoms with E-state index in [-0.39, 0.29) is 24.0 Å². The standard InChI is InChI=1S/C26H25F2N3O6/c1-35-26(34)37-15-36-24-21(32)14-31(30-13-20-9-4-10-29(20)25(33)23(24)30)22(16-5-2-7-18(27)11-16)17-6-3-8-19(28)12-17/h2-3,5-8,11-12,20,22H,4,9-10,13-15H2,1H3/t20-/m1/s1. The topological polar surface area (TPSA) is 88.6 Å². The molecule has 2 saturated heterocycles. The number of Topliss-reactive ketones (excluding diaryl/α,β-unsaturated/α-hetero) is 1. The van der Waals surface area contributed by atoms with Crippen LogP contribution < -0.4 is 0 Å². The Labute approximate surface area is 211 Å². The Morgan fingerprint density at radius 1 is 1.08 bits per heavy atom. The molecule has 3 aliphatic rings. The summed E-state index contributed by atoms with van der Waals surface area (Å²) in [5.41, 5.74) is 0.968. The van der Waals surface area contributed by atoms with Crippen LogP contribution in [0.15, 0.2) is 60.0 Å². The number of hydrogen-bond acceptors (Lipinski definition) is 8. The molecule has 0 N–H and O–H groups in total. The zero-order valence-electron chi connectivity index (χ0n) is 20.1. The monoisotopic (exact) mass is 513 g/mol. The first-order chi connectivity index (χ1) is 17.9. The number of carbonyl (C=O) groups is 3. The molecule has 0 spiro atoms. The molecular weight excluding hydrogens is 488 g/mol. The third-order valence-electron chi connectivity index (χ3n) is 6.74. The van der Waals surface area contributed by atoms with Gasteiger partial charge in [-0.3, -0.25) is 14.6 Å². The lowest BCUT2D eigenvalue weighted by Gasteiger charge is -2.50. The molecule has 194 valence electrons. The van der Waals surface area contributed by atoms with E-state index in [4.69, 9.17) is 9.47 Å². The molecule has 2 aromatic carbocycles. The average Bonchev–Trinajstić information content (AvgIpc) is 3.35. The van der Waals surface area contributed by atoms with Crippen LogP contribution in [0.4, 0.5) is 13.6 Å². The molecule has 11 heteroatoms. The van der Waals surface area contributed by atoms with E-state index in [0.717, 1.165) is 20.0 Å². The van der Waals surface area contributed by atoms with Crippen molar-refractivity contribution in [3.05, 3.63) is 82.7 Å². The Bertz CT molecular complexity index is 1220. The first-order valence-corrected chi connectivity index (χ1v) is 11.8. The molecular formula is C26H25F2N3O6. The van der Waals surface area contributed by atoms with E-state index in [0.29, 0.717) is 24.2 Å². The molecule has 5 rings (SSSR count). The maximum Gasteiger partial charge on any atom is 0.510 e. The van der Waals surface area contributed by atoms with Crippen LogP contribution in [0.25, 0.3) is 0 Å². The lowest BCUT2D eigenvalue weighted by Crippen LogP contribution is -2.62. The maximum absolute atomic E-state index is 14.3. The number of amides is 1. The van der Waals surface area contributed by atoms with Gasteiger partial charge >= 0.3 is 6.16 Å². The first kappa shape index (κ1) is 24.7. The third-order valence-corrected chi connectivity index (χ3v) is 6.74. The summed E-state index contributed by atoms with van der Waals surface area (Å²) >= 11 is 0. The normalized spacial score (nSPS) is 19.7. The molecule has 0 unspecified atom stereocenters. The Hall–Kier alpha value is -3.99. The van der Waals surface area contributed by atoms with Crippen LogP contribution in [0.2, 0.25) is 0 Å². The highest BCUT2D eigenvalue weighted by Gasteiger charge is 2.49. The summed E-state index contributed by atoms with van der Waals surface area (Å²) in [5.74, 6) is -2.13. The fourth-order valence-electron chi connectivity index (χ4n) is 5.18. The molecule has 0 saturated carbocycles. The van der Waals surface area contributed by atoms with Gasteiger partial charge in [-0.25, -0.2) is 18.6 Å². The summed E-state index contributed by atoms with van der Waals surface area (Å²) in [7, 11) is 1.13. The minimum Gasteiger partial charge on any atom is -0.451 e. The Kier molecular flexibility index (Phi) is 6.79. The Balaban J connectivity index is 1.60. The Morgan fingerprint density at radius 2 is 1.76 bits per heavy atom. The van der Waals surface area contributed by atoms with Crippen LogP contribution in [-0.4, -0.2) is 72.3 Å². The first-order valence-electron chi connectivity index (χ1n) is 11.8. The van der Waals surface area contributed by atoms with Gasteiger partial charge in [-0.15, -0.1) is 0 Å². The van der Waals surface area contributed by atoms with Gasteiger partial charge in [0.05, 0.1) is 32.3 Å². The van der Waals surface area contributed by atoms with Crippen LogP contribution in [0.5, 0.6) is 0 Å². The van der Waals surface area contributed by atoms with E-state index < -0.39 is 42.3 Å². The fourth-order valence-corrected chi connectivity index (χ4v) is 5.18.